The molecule has 2 N–H and O–H groups in total. The van der Waals surface area contributed by atoms with Crippen molar-refractivity contribution >= 4 is 23.6 Å². The molecule has 19 heavy (non-hydrogen) atoms. The Kier molecular flexibility index (Phi) is 4.36. The maximum absolute atomic E-state index is 11.8. The molecule has 0 aliphatic carbocycles. The van der Waals surface area contributed by atoms with Crippen molar-refractivity contribution in [2.24, 2.45) is 0 Å². The molecule has 0 fully saturated rings. The van der Waals surface area contributed by atoms with Gasteiger partial charge in [-0.1, -0.05) is 29.8 Å². The Hall–Kier alpha value is -2.07. The fourth-order valence-electron chi connectivity index (χ4n) is 1.62. The van der Waals surface area contributed by atoms with Crippen molar-refractivity contribution in [3.05, 3.63) is 59.1 Å². The summed E-state index contributed by atoms with van der Waals surface area (Å²) in [6, 6.07) is 7.18. The molecule has 0 aliphatic heterocycles. The van der Waals surface area contributed by atoms with Crippen LogP contribution >= 0.6 is 11.6 Å². The molecule has 2 aromatic rings. The number of hydrogen-bond donors (Lipinski definition) is 2. The van der Waals surface area contributed by atoms with Crippen molar-refractivity contribution in [2.75, 3.05) is 0 Å². The Balaban J connectivity index is 1.96. The van der Waals surface area contributed by atoms with Gasteiger partial charge in [0.2, 0.25) is 5.91 Å². The molecule has 4 nitrogen and oxygen atoms in total. The molecule has 0 saturated heterocycles. The summed E-state index contributed by atoms with van der Waals surface area (Å²) in [4.78, 5) is 18.8. The second-order valence-electron chi connectivity index (χ2n) is 4.06. The summed E-state index contributed by atoms with van der Waals surface area (Å²) in [7, 11) is 0. The molecule has 1 unspecified atom stereocenters. The van der Waals surface area contributed by atoms with Crippen LogP contribution in [0.15, 0.2) is 42.7 Å². The molecule has 0 aliphatic rings. The number of imidazole rings is 1. The summed E-state index contributed by atoms with van der Waals surface area (Å²) in [5.74, 6) is 0.531. The van der Waals surface area contributed by atoms with E-state index < -0.39 is 0 Å². The zero-order chi connectivity index (χ0) is 13.7. The van der Waals surface area contributed by atoms with Crippen LogP contribution < -0.4 is 5.32 Å². The molecule has 0 radical (unpaired) electrons. The van der Waals surface area contributed by atoms with Crippen molar-refractivity contribution in [3.8, 4) is 0 Å². The number of carbonyl (C=O) groups is 1. The fourth-order valence-corrected chi connectivity index (χ4v) is 1.82. The Bertz CT molecular complexity index is 578. The molecule has 1 aromatic heterocycles. The van der Waals surface area contributed by atoms with E-state index in [0.717, 1.165) is 11.4 Å². The van der Waals surface area contributed by atoms with Crippen LogP contribution in [0.2, 0.25) is 5.02 Å². The van der Waals surface area contributed by atoms with Crippen LogP contribution in [0.4, 0.5) is 0 Å². The van der Waals surface area contributed by atoms with Crippen molar-refractivity contribution < 1.29 is 4.79 Å². The van der Waals surface area contributed by atoms with Gasteiger partial charge in [0.1, 0.15) is 5.82 Å². The van der Waals surface area contributed by atoms with Crippen molar-refractivity contribution in [1.29, 1.82) is 0 Å². The molecule has 0 spiro atoms. The van der Waals surface area contributed by atoms with Gasteiger partial charge in [0.15, 0.2) is 0 Å². The highest BCUT2D eigenvalue weighted by atomic mass is 35.5. The van der Waals surface area contributed by atoms with Gasteiger partial charge in [0.05, 0.1) is 6.04 Å². The smallest absolute Gasteiger partial charge is 0.244 e. The predicted molar refractivity (Wildman–Crippen MR) is 75.6 cm³/mol. The lowest BCUT2D eigenvalue weighted by Gasteiger charge is -2.09. The predicted octanol–water partition coefficient (Wildman–Crippen LogP) is 2.95. The summed E-state index contributed by atoms with van der Waals surface area (Å²) in [5, 5.41) is 3.43. The number of H-pyrrole nitrogens is 1. The van der Waals surface area contributed by atoms with Crippen LogP contribution in [0.3, 0.4) is 0 Å². The molecule has 0 bridgehead atoms. The zero-order valence-electron chi connectivity index (χ0n) is 10.4. The van der Waals surface area contributed by atoms with E-state index in [-0.39, 0.29) is 11.9 Å². The second-order valence-corrected chi connectivity index (χ2v) is 4.47. The SMILES string of the molecule is CC(NC(=O)/C=C/c1ccccc1Cl)c1ncc[nH]1. The first-order chi connectivity index (χ1) is 9.16. The van der Waals surface area contributed by atoms with E-state index in [1.165, 1.54) is 6.08 Å². The number of nitrogens with one attached hydrogen (secondary N) is 2. The molecular weight excluding hydrogens is 262 g/mol. The van der Waals surface area contributed by atoms with Gasteiger partial charge < -0.3 is 10.3 Å². The van der Waals surface area contributed by atoms with E-state index in [0.29, 0.717) is 5.02 Å². The molecule has 98 valence electrons. The summed E-state index contributed by atoms with van der Waals surface area (Å²) in [6.07, 6.45) is 6.52. The van der Waals surface area contributed by atoms with Crippen LogP contribution in [0, 0.1) is 0 Å². The average Bonchev–Trinajstić information content (AvgIpc) is 2.91. The Morgan fingerprint density at radius 1 is 1.47 bits per heavy atom. The third kappa shape index (κ3) is 3.69. The summed E-state index contributed by atoms with van der Waals surface area (Å²) >= 11 is 6.00. The van der Waals surface area contributed by atoms with Crippen LogP contribution in [0.25, 0.3) is 6.08 Å². The number of aromatic nitrogens is 2. The molecule has 2 rings (SSSR count). The lowest BCUT2D eigenvalue weighted by molar-refractivity contribution is -0.117. The maximum atomic E-state index is 11.8. The van der Waals surface area contributed by atoms with E-state index in [9.17, 15) is 4.79 Å². The first-order valence-electron chi connectivity index (χ1n) is 5.89. The number of rotatable bonds is 4. The van der Waals surface area contributed by atoms with E-state index in [2.05, 4.69) is 15.3 Å². The third-order valence-corrected chi connectivity index (χ3v) is 2.95. The van der Waals surface area contributed by atoms with Gasteiger partial charge in [-0.2, -0.15) is 0 Å². The molecule has 5 heteroatoms. The summed E-state index contributed by atoms with van der Waals surface area (Å²) in [5.41, 5.74) is 0.810. The summed E-state index contributed by atoms with van der Waals surface area (Å²) in [6.45, 7) is 1.86. The fraction of sp³-hybridized carbons (Fsp3) is 0.143. The van der Waals surface area contributed by atoms with Crippen molar-refractivity contribution in [3.63, 3.8) is 0 Å². The highest BCUT2D eigenvalue weighted by molar-refractivity contribution is 6.32. The lowest BCUT2D eigenvalue weighted by Crippen LogP contribution is -2.25. The van der Waals surface area contributed by atoms with Gasteiger partial charge in [-0.05, 0) is 24.6 Å². The molecule has 1 aromatic carbocycles. The highest BCUT2D eigenvalue weighted by Gasteiger charge is 2.08. The zero-order valence-corrected chi connectivity index (χ0v) is 11.2. The van der Waals surface area contributed by atoms with Gasteiger partial charge in [-0.15, -0.1) is 0 Å². The molecular formula is C14H14ClN3O. The number of nitrogens with zero attached hydrogens (tertiary/aromatic N) is 1. The molecule has 1 atom stereocenters. The van der Waals surface area contributed by atoms with Gasteiger partial charge in [0.25, 0.3) is 0 Å². The Morgan fingerprint density at radius 3 is 2.95 bits per heavy atom. The van der Waals surface area contributed by atoms with Crippen LogP contribution in [0.1, 0.15) is 24.4 Å². The quantitative estimate of drug-likeness (QED) is 0.843. The molecule has 1 heterocycles. The van der Waals surface area contributed by atoms with Gasteiger partial charge >= 0.3 is 0 Å². The number of amides is 1. The van der Waals surface area contributed by atoms with Crippen LogP contribution in [-0.4, -0.2) is 15.9 Å². The number of hydrogen-bond acceptors (Lipinski definition) is 2. The van der Waals surface area contributed by atoms with E-state index in [1.54, 1.807) is 24.5 Å². The Labute approximate surface area is 116 Å². The molecule has 0 saturated carbocycles. The number of benzene rings is 1. The van der Waals surface area contributed by atoms with E-state index >= 15 is 0 Å². The third-order valence-electron chi connectivity index (χ3n) is 2.61. The second kappa shape index (κ2) is 6.20. The minimum absolute atomic E-state index is 0.168. The highest BCUT2D eigenvalue weighted by Crippen LogP contribution is 2.16. The van der Waals surface area contributed by atoms with Crippen molar-refractivity contribution in [1.82, 2.24) is 15.3 Å². The first kappa shape index (κ1) is 13.4. The minimum Gasteiger partial charge on any atom is -0.347 e. The molecule has 1 amide bonds. The average molecular weight is 276 g/mol. The standard InChI is InChI=1S/C14H14ClN3O/c1-10(14-16-8-9-17-14)18-13(19)7-6-11-4-2-3-5-12(11)15/h2-10H,1H3,(H,16,17)(H,18,19)/b7-6+. The number of halogens is 1. The van der Waals surface area contributed by atoms with Gasteiger partial charge in [-0.25, -0.2) is 4.98 Å². The number of aromatic amines is 1. The van der Waals surface area contributed by atoms with Gasteiger partial charge in [-0.3, -0.25) is 4.79 Å². The lowest BCUT2D eigenvalue weighted by atomic mass is 10.2. The number of carbonyl (C=O) groups excluding carboxylic acids is 1. The first-order valence-corrected chi connectivity index (χ1v) is 6.27. The van der Waals surface area contributed by atoms with Gasteiger partial charge in [0, 0.05) is 23.5 Å². The van der Waals surface area contributed by atoms with E-state index in [4.69, 9.17) is 11.6 Å². The van der Waals surface area contributed by atoms with E-state index in [1.807, 2.05) is 25.1 Å². The van der Waals surface area contributed by atoms with Crippen molar-refractivity contribution in [2.45, 2.75) is 13.0 Å². The minimum atomic E-state index is -0.191. The summed E-state index contributed by atoms with van der Waals surface area (Å²) < 4.78 is 0. The Morgan fingerprint density at radius 2 is 2.26 bits per heavy atom. The normalized spacial score (nSPS) is 12.5. The largest absolute Gasteiger partial charge is 0.347 e. The maximum Gasteiger partial charge on any atom is 0.244 e. The monoisotopic (exact) mass is 275 g/mol. The topological polar surface area (TPSA) is 57.8 Å². The van der Waals surface area contributed by atoms with Crippen LogP contribution in [-0.2, 0) is 4.79 Å². The van der Waals surface area contributed by atoms with Crippen LogP contribution in [0.5, 0.6) is 0 Å².